The molecule has 0 aromatic rings. The van der Waals surface area contributed by atoms with E-state index in [-0.39, 0.29) is 5.91 Å². The van der Waals surface area contributed by atoms with Crippen LogP contribution in [-0.2, 0) is 4.79 Å². The zero-order chi connectivity index (χ0) is 15.3. The maximum atomic E-state index is 12.3. The number of hydrogen-bond donors (Lipinski definition) is 2. The molecule has 3 unspecified atom stereocenters. The second-order valence-corrected chi connectivity index (χ2v) is 8.18. The van der Waals surface area contributed by atoms with E-state index in [1.165, 1.54) is 38.5 Å². The highest BCUT2D eigenvalue weighted by Crippen LogP contribution is 2.38. The Bertz CT molecular complexity index is 329. The highest BCUT2D eigenvalue weighted by Gasteiger charge is 2.34. The van der Waals surface area contributed by atoms with Crippen molar-refractivity contribution in [1.82, 2.24) is 10.6 Å². The number of carbonyl (C=O) groups excluding carboxylic acids is 1. The highest BCUT2D eigenvalue weighted by atomic mass is 16.1. The van der Waals surface area contributed by atoms with Gasteiger partial charge in [-0.25, -0.2) is 0 Å². The normalized spacial score (nSPS) is 30.9. The quantitative estimate of drug-likeness (QED) is 0.833. The lowest BCUT2D eigenvalue weighted by Gasteiger charge is -2.40. The smallest absolute Gasteiger partial charge is 0.220 e. The Hall–Kier alpha value is -0.570. The standard InChI is InChI=1S/C18H34N2O/c1-18(2,3)15-8-4-5-9-16(15)20-17(21)11-10-14-7-6-12-19-13-14/h14-16,19H,4-13H2,1-3H3,(H,20,21). The monoisotopic (exact) mass is 294 g/mol. The van der Waals surface area contributed by atoms with E-state index in [0.29, 0.717) is 29.7 Å². The third-order valence-electron chi connectivity index (χ3n) is 5.40. The molecule has 0 radical (unpaired) electrons. The maximum absolute atomic E-state index is 12.3. The fraction of sp³-hybridized carbons (Fsp3) is 0.944. The zero-order valence-electron chi connectivity index (χ0n) is 14.2. The van der Waals surface area contributed by atoms with Crippen molar-refractivity contribution < 1.29 is 4.79 Å². The van der Waals surface area contributed by atoms with Gasteiger partial charge in [0, 0.05) is 12.5 Å². The van der Waals surface area contributed by atoms with Crippen LogP contribution in [-0.4, -0.2) is 25.0 Å². The summed E-state index contributed by atoms with van der Waals surface area (Å²) in [5, 5.41) is 6.79. The van der Waals surface area contributed by atoms with Crippen molar-refractivity contribution in [1.29, 1.82) is 0 Å². The summed E-state index contributed by atoms with van der Waals surface area (Å²) in [7, 11) is 0. The molecule has 0 bridgehead atoms. The van der Waals surface area contributed by atoms with E-state index < -0.39 is 0 Å². The van der Waals surface area contributed by atoms with Gasteiger partial charge in [-0.3, -0.25) is 4.79 Å². The average molecular weight is 294 g/mol. The van der Waals surface area contributed by atoms with Gasteiger partial charge < -0.3 is 10.6 Å². The van der Waals surface area contributed by atoms with Gasteiger partial charge >= 0.3 is 0 Å². The van der Waals surface area contributed by atoms with Gasteiger partial charge in [0.1, 0.15) is 0 Å². The second-order valence-electron chi connectivity index (χ2n) is 8.18. The van der Waals surface area contributed by atoms with Crippen molar-refractivity contribution in [3.05, 3.63) is 0 Å². The summed E-state index contributed by atoms with van der Waals surface area (Å²) >= 11 is 0. The van der Waals surface area contributed by atoms with E-state index >= 15 is 0 Å². The van der Waals surface area contributed by atoms with Gasteiger partial charge in [-0.1, -0.05) is 33.6 Å². The van der Waals surface area contributed by atoms with Crippen molar-refractivity contribution in [3.8, 4) is 0 Å². The van der Waals surface area contributed by atoms with Crippen LogP contribution in [0.25, 0.3) is 0 Å². The number of rotatable bonds is 4. The van der Waals surface area contributed by atoms with Crippen molar-refractivity contribution in [3.63, 3.8) is 0 Å². The second kappa shape index (κ2) is 7.62. The van der Waals surface area contributed by atoms with Crippen LogP contribution in [0, 0.1) is 17.3 Å². The molecular weight excluding hydrogens is 260 g/mol. The Balaban J connectivity index is 1.77. The van der Waals surface area contributed by atoms with E-state index in [4.69, 9.17) is 0 Å². The van der Waals surface area contributed by atoms with Crippen LogP contribution in [0.1, 0.15) is 72.1 Å². The van der Waals surface area contributed by atoms with Crippen LogP contribution < -0.4 is 10.6 Å². The van der Waals surface area contributed by atoms with Crippen LogP contribution in [0.2, 0.25) is 0 Å². The van der Waals surface area contributed by atoms with E-state index in [9.17, 15) is 4.79 Å². The molecule has 3 nitrogen and oxygen atoms in total. The maximum Gasteiger partial charge on any atom is 0.220 e. The first-order chi connectivity index (χ1) is 9.97. The van der Waals surface area contributed by atoms with Gasteiger partial charge in [-0.2, -0.15) is 0 Å². The summed E-state index contributed by atoms with van der Waals surface area (Å²) in [6.07, 6.45) is 9.33. The van der Waals surface area contributed by atoms with Crippen molar-refractivity contribution in [2.45, 2.75) is 78.2 Å². The van der Waals surface area contributed by atoms with E-state index in [1.54, 1.807) is 0 Å². The van der Waals surface area contributed by atoms with Gasteiger partial charge in [0.25, 0.3) is 0 Å². The first-order valence-electron chi connectivity index (χ1n) is 8.97. The van der Waals surface area contributed by atoms with Gasteiger partial charge in [0.15, 0.2) is 0 Å². The van der Waals surface area contributed by atoms with E-state index in [0.717, 1.165) is 19.5 Å². The lowest BCUT2D eigenvalue weighted by Crippen LogP contribution is -2.46. The Morgan fingerprint density at radius 1 is 1.14 bits per heavy atom. The van der Waals surface area contributed by atoms with Crippen molar-refractivity contribution >= 4 is 5.91 Å². The SMILES string of the molecule is CC(C)(C)C1CCCCC1NC(=O)CCC1CCCNC1. The number of carbonyl (C=O) groups is 1. The van der Waals surface area contributed by atoms with Crippen molar-refractivity contribution in [2.24, 2.45) is 17.3 Å². The third kappa shape index (κ3) is 5.28. The van der Waals surface area contributed by atoms with Crippen LogP contribution in [0.15, 0.2) is 0 Å². The van der Waals surface area contributed by atoms with Gasteiger partial charge in [0.05, 0.1) is 0 Å². The topological polar surface area (TPSA) is 41.1 Å². The predicted octanol–water partition coefficient (Wildman–Crippen LogP) is 3.49. The molecule has 0 aromatic carbocycles. The van der Waals surface area contributed by atoms with Gasteiger partial charge in [-0.15, -0.1) is 0 Å². The molecule has 1 aliphatic heterocycles. The fourth-order valence-electron chi connectivity index (χ4n) is 4.12. The average Bonchev–Trinajstić information content (AvgIpc) is 2.46. The summed E-state index contributed by atoms with van der Waals surface area (Å²) in [5.41, 5.74) is 0.297. The molecule has 1 amide bonds. The molecule has 1 saturated carbocycles. The Kier molecular flexibility index (Phi) is 6.09. The summed E-state index contributed by atoms with van der Waals surface area (Å²) in [5.74, 6) is 1.61. The molecule has 2 N–H and O–H groups in total. The molecule has 1 heterocycles. The van der Waals surface area contributed by atoms with Crippen LogP contribution in [0.5, 0.6) is 0 Å². The summed E-state index contributed by atoms with van der Waals surface area (Å²) in [6.45, 7) is 9.20. The molecule has 122 valence electrons. The fourth-order valence-corrected chi connectivity index (χ4v) is 4.12. The molecule has 2 aliphatic rings. The molecule has 3 atom stereocenters. The predicted molar refractivity (Wildman–Crippen MR) is 88.2 cm³/mol. The zero-order valence-corrected chi connectivity index (χ0v) is 14.2. The minimum Gasteiger partial charge on any atom is -0.353 e. The number of nitrogens with one attached hydrogen (secondary N) is 2. The van der Waals surface area contributed by atoms with Crippen LogP contribution >= 0.6 is 0 Å². The van der Waals surface area contributed by atoms with Crippen LogP contribution in [0.3, 0.4) is 0 Å². The molecule has 1 saturated heterocycles. The summed E-state index contributed by atoms with van der Waals surface area (Å²) in [4.78, 5) is 12.3. The molecule has 3 heteroatoms. The molecule has 1 aliphatic carbocycles. The van der Waals surface area contributed by atoms with Gasteiger partial charge in [-0.05, 0) is 62.4 Å². The lowest BCUT2D eigenvalue weighted by atomic mass is 9.69. The minimum absolute atomic E-state index is 0.279. The number of piperidine rings is 1. The third-order valence-corrected chi connectivity index (χ3v) is 5.40. The molecule has 2 rings (SSSR count). The molecular formula is C18H34N2O. The molecule has 21 heavy (non-hydrogen) atoms. The summed E-state index contributed by atoms with van der Waals surface area (Å²) < 4.78 is 0. The van der Waals surface area contributed by atoms with Gasteiger partial charge in [0.2, 0.25) is 5.91 Å². The first kappa shape index (κ1) is 16.8. The Labute approximate surface area is 130 Å². The Morgan fingerprint density at radius 2 is 1.90 bits per heavy atom. The largest absolute Gasteiger partial charge is 0.353 e. The number of amides is 1. The molecule has 2 fully saturated rings. The minimum atomic E-state index is 0.279. The number of hydrogen-bond acceptors (Lipinski definition) is 2. The van der Waals surface area contributed by atoms with E-state index in [2.05, 4.69) is 31.4 Å². The van der Waals surface area contributed by atoms with Crippen LogP contribution in [0.4, 0.5) is 0 Å². The summed E-state index contributed by atoms with van der Waals surface area (Å²) in [6, 6.07) is 0.399. The first-order valence-corrected chi connectivity index (χ1v) is 8.97. The van der Waals surface area contributed by atoms with Crippen molar-refractivity contribution in [2.75, 3.05) is 13.1 Å². The Morgan fingerprint density at radius 3 is 2.57 bits per heavy atom. The van der Waals surface area contributed by atoms with E-state index in [1.807, 2.05) is 0 Å². The highest BCUT2D eigenvalue weighted by molar-refractivity contribution is 5.76. The lowest BCUT2D eigenvalue weighted by molar-refractivity contribution is -0.123. The molecule has 0 aromatic heterocycles. The molecule has 0 spiro atoms.